The molecule has 4 nitrogen and oxygen atoms in total. The molecule has 0 aromatic heterocycles. The van der Waals surface area contributed by atoms with E-state index in [9.17, 15) is 4.79 Å². The second-order valence-corrected chi connectivity index (χ2v) is 6.09. The van der Waals surface area contributed by atoms with Gasteiger partial charge in [-0.15, -0.1) is 0 Å². The van der Waals surface area contributed by atoms with Crippen LogP contribution in [-0.2, 0) is 4.79 Å². The molecule has 0 radical (unpaired) electrons. The predicted molar refractivity (Wildman–Crippen MR) is 86.4 cm³/mol. The number of rotatable bonds is 3. The Labute approximate surface area is 126 Å². The van der Waals surface area contributed by atoms with Crippen molar-refractivity contribution < 1.29 is 4.79 Å². The standard InChI is InChI=1S/C17H23N3O/c1-13-11-20(16-10-6-5-9-15(16)18-13)12-17(21)19-14-7-3-2-4-8-14/h5-6,9-10,14H,2-4,7-8,11-12H2,1H3,(H,19,21). The van der Waals surface area contributed by atoms with Crippen molar-refractivity contribution in [1.82, 2.24) is 5.32 Å². The Morgan fingerprint density at radius 1 is 1.29 bits per heavy atom. The number of aliphatic imine (C=N–C) groups is 1. The Morgan fingerprint density at radius 2 is 2.05 bits per heavy atom. The first-order valence-electron chi connectivity index (χ1n) is 7.90. The lowest BCUT2D eigenvalue weighted by molar-refractivity contribution is -0.120. The summed E-state index contributed by atoms with van der Waals surface area (Å²) >= 11 is 0. The van der Waals surface area contributed by atoms with Crippen LogP contribution in [0.25, 0.3) is 0 Å². The van der Waals surface area contributed by atoms with Crippen molar-refractivity contribution in [2.24, 2.45) is 4.99 Å². The van der Waals surface area contributed by atoms with Crippen LogP contribution in [0.3, 0.4) is 0 Å². The van der Waals surface area contributed by atoms with E-state index < -0.39 is 0 Å². The van der Waals surface area contributed by atoms with Crippen LogP contribution in [-0.4, -0.2) is 30.8 Å². The van der Waals surface area contributed by atoms with Crippen LogP contribution in [0.4, 0.5) is 11.4 Å². The minimum atomic E-state index is 0.131. The molecule has 1 N–H and O–H groups in total. The minimum absolute atomic E-state index is 0.131. The summed E-state index contributed by atoms with van der Waals surface area (Å²) in [5, 5.41) is 3.19. The summed E-state index contributed by atoms with van der Waals surface area (Å²) in [5.74, 6) is 0.131. The molecule has 21 heavy (non-hydrogen) atoms. The van der Waals surface area contributed by atoms with Crippen LogP contribution >= 0.6 is 0 Å². The molecule has 1 amide bonds. The molecule has 2 aliphatic rings. The third-order valence-corrected chi connectivity index (χ3v) is 4.26. The first-order chi connectivity index (χ1) is 10.2. The van der Waals surface area contributed by atoms with Gasteiger partial charge in [-0.2, -0.15) is 0 Å². The highest BCUT2D eigenvalue weighted by molar-refractivity contribution is 5.96. The van der Waals surface area contributed by atoms with Crippen molar-refractivity contribution in [2.75, 3.05) is 18.0 Å². The molecular weight excluding hydrogens is 262 g/mol. The van der Waals surface area contributed by atoms with Gasteiger partial charge in [0, 0.05) is 11.8 Å². The van der Waals surface area contributed by atoms with E-state index >= 15 is 0 Å². The fourth-order valence-corrected chi connectivity index (χ4v) is 3.26. The van der Waals surface area contributed by atoms with Gasteiger partial charge in [-0.3, -0.25) is 9.79 Å². The van der Waals surface area contributed by atoms with E-state index in [1.807, 2.05) is 31.2 Å². The molecule has 0 spiro atoms. The SMILES string of the molecule is CC1=Nc2ccccc2N(CC(=O)NC2CCCCC2)C1. The largest absolute Gasteiger partial charge is 0.355 e. The van der Waals surface area contributed by atoms with Gasteiger partial charge in [0.25, 0.3) is 0 Å². The first kappa shape index (κ1) is 14.1. The van der Waals surface area contributed by atoms with Crippen LogP contribution in [0.15, 0.2) is 29.3 Å². The summed E-state index contributed by atoms with van der Waals surface area (Å²) in [4.78, 5) is 19.0. The van der Waals surface area contributed by atoms with Gasteiger partial charge in [-0.05, 0) is 31.9 Å². The van der Waals surface area contributed by atoms with Crippen molar-refractivity contribution in [2.45, 2.75) is 45.1 Å². The fourth-order valence-electron chi connectivity index (χ4n) is 3.26. The second kappa shape index (κ2) is 6.29. The Bertz CT molecular complexity index is 547. The summed E-state index contributed by atoms with van der Waals surface area (Å²) in [6.45, 7) is 3.16. The number of amides is 1. The molecule has 1 aliphatic carbocycles. The Morgan fingerprint density at radius 3 is 2.86 bits per heavy atom. The molecule has 1 saturated carbocycles. The quantitative estimate of drug-likeness (QED) is 0.927. The maximum Gasteiger partial charge on any atom is 0.239 e. The lowest BCUT2D eigenvalue weighted by atomic mass is 9.95. The Kier molecular flexibility index (Phi) is 4.23. The maximum atomic E-state index is 12.3. The number of para-hydroxylation sites is 2. The summed E-state index contributed by atoms with van der Waals surface area (Å²) < 4.78 is 0. The van der Waals surface area contributed by atoms with Crippen molar-refractivity contribution >= 4 is 23.0 Å². The number of anilines is 1. The van der Waals surface area contributed by atoms with Gasteiger partial charge in [-0.1, -0.05) is 31.4 Å². The lowest BCUT2D eigenvalue weighted by Gasteiger charge is -2.30. The summed E-state index contributed by atoms with van der Waals surface area (Å²) in [5.41, 5.74) is 3.08. The number of hydrogen-bond donors (Lipinski definition) is 1. The smallest absolute Gasteiger partial charge is 0.239 e. The van der Waals surface area contributed by atoms with Gasteiger partial charge in [0.1, 0.15) is 0 Å². The van der Waals surface area contributed by atoms with E-state index in [4.69, 9.17) is 0 Å². The van der Waals surface area contributed by atoms with E-state index in [0.29, 0.717) is 12.6 Å². The van der Waals surface area contributed by atoms with E-state index in [1.54, 1.807) is 0 Å². The summed E-state index contributed by atoms with van der Waals surface area (Å²) in [7, 11) is 0. The molecule has 1 aromatic carbocycles. The molecule has 112 valence electrons. The molecule has 4 heteroatoms. The zero-order valence-corrected chi connectivity index (χ0v) is 12.6. The predicted octanol–water partition coefficient (Wildman–Crippen LogP) is 3.05. The summed E-state index contributed by atoms with van der Waals surface area (Å²) in [6.07, 6.45) is 6.04. The van der Waals surface area contributed by atoms with Gasteiger partial charge in [0.05, 0.1) is 24.5 Å². The first-order valence-corrected chi connectivity index (χ1v) is 7.90. The molecule has 0 unspecified atom stereocenters. The topological polar surface area (TPSA) is 44.7 Å². The third-order valence-electron chi connectivity index (χ3n) is 4.26. The third kappa shape index (κ3) is 3.43. The van der Waals surface area contributed by atoms with Crippen molar-refractivity contribution in [1.29, 1.82) is 0 Å². The van der Waals surface area contributed by atoms with Crippen LogP contribution in [0.5, 0.6) is 0 Å². The van der Waals surface area contributed by atoms with Crippen LogP contribution in [0.2, 0.25) is 0 Å². The number of carbonyl (C=O) groups is 1. The van der Waals surface area contributed by atoms with Crippen molar-refractivity contribution in [3.63, 3.8) is 0 Å². The second-order valence-electron chi connectivity index (χ2n) is 6.09. The summed E-state index contributed by atoms with van der Waals surface area (Å²) in [6, 6.07) is 8.41. The number of hydrogen-bond acceptors (Lipinski definition) is 3. The van der Waals surface area contributed by atoms with Gasteiger partial charge in [0.15, 0.2) is 0 Å². The highest BCUT2D eigenvalue weighted by atomic mass is 16.2. The number of benzene rings is 1. The van der Waals surface area contributed by atoms with Gasteiger partial charge in [0.2, 0.25) is 5.91 Å². The van der Waals surface area contributed by atoms with Crippen LogP contribution in [0, 0.1) is 0 Å². The molecule has 3 rings (SSSR count). The molecule has 1 aromatic rings. The fraction of sp³-hybridized carbons (Fsp3) is 0.529. The van der Waals surface area contributed by atoms with E-state index in [-0.39, 0.29) is 5.91 Å². The number of nitrogens with one attached hydrogen (secondary N) is 1. The lowest BCUT2D eigenvalue weighted by Crippen LogP contribution is -2.44. The van der Waals surface area contributed by atoms with Crippen molar-refractivity contribution in [3.8, 4) is 0 Å². The minimum Gasteiger partial charge on any atom is -0.355 e. The molecule has 1 fully saturated rings. The van der Waals surface area contributed by atoms with Crippen LogP contribution < -0.4 is 10.2 Å². The molecule has 1 aliphatic heterocycles. The highest BCUT2D eigenvalue weighted by Crippen LogP contribution is 2.31. The molecule has 1 heterocycles. The van der Waals surface area contributed by atoms with Gasteiger partial charge < -0.3 is 10.2 Å². The molecular formula is C17H23N3O. The number of fused-ring (bicyclic) bond motifs is 1. The van der Waals surface area contributed by atoms with E-state index in [0.717, 1.165) is 36.5 Å². The Balaban J connectivity index is 1.64. The average molecular weight is 285 g/mol. The van der Waals surface area contributed by atoms with Gasteiger partial charge >= 0.3 is 0 Å². The normalized spacial score (nSPS) is 18.9. The van der Waals surface area contributed by atoms with Crippen molar-refractivity contribution in [3.05, 3.63) is 24.3 Å². The van der Waals surface area contributed by atoms with Crippen LogP contribution in [0.1, 0.15) is 39.0 Å². The maximum absolute atomic E-state index is 12.3. The zero-order valence-electron chi connectivity index (χ0n) is 12.6. The number of carbonyl (C=O) groups excluding carboxylic acids is 1. The highest BCUT2D eigenvalue weighted by Gasteiger charge is 2.21. The van der Waals surface area contributed by atoms with E-state index in [1.165, 1.54) is 19.3 Å². The average Bonchev–Trinajstić information content (AvgIpc) is 2.48. The van der Waals surface area contributed by atoms with E-state index in [2.05, 4.69) is 15.2 Å². The zero-order chi connectivity index (χ0) is 14.7. The molecule has 0 saturated heterocycles. The monoisotopic (exact) mass is 285 g/mol. The molecule has 0 bridgehead atoms. The van der Waals surface area contributed by atoms with Gasteiger partial charge in [-0.25, -0.2) is 0 Å². The molecule has 0 atom stereocenters. The number of nitrogens with zero attached hydrogens (tertiary/aromatic N) is 2. The Hall–Kier alpha value is -1.84.